The normalized spacial score (nSPS) is 20.4. The van der Waals surface area contributed by atoms with Gasteiger partial charge in [-0.2, -0.15) is 13.2 Å². The molecule has 35 heavy (non-hydrogen) atoms. The number of alkyl halides is 3. The molecular formula is C24H30F5NO4Si. The number of nitrogens with zero attached hydrogens (tertiary/aromatic N) is 1. The van der Waals surface area contributed by atoms with Crippen LogP contribution in [-0.4, -0.2) is 49.5 Å². The number of hydrogen-bond donors (Lipinski definition) is 2. The van der Waals surface area contributed by atoms with Crippen molar-refractivity contribution in [1.29, 1.82) is 0 Å². The van der Waals surface area contributed by atoms with Gasteiger partial charge < -0.3 is 19.4 Å². The third-order valence-corrected chi connectivity index (χ3v) is 11.5. The fraction of sp³-hybridized carbons (Fsp3) is 0.542. The highest BCUT2D eigenvalue weighted by molar-refractivity contribution is 6.74. The predicted octanol–water partition coefficient (Wildman–Crippen LogP) is 5.44. The van der Waals surface area contributed by atoms with Crippen LogP contribution in [0.4, 0.5) is 22.0 Å². The van der Waals surface area contributed by atoms with E-state index in [2.05, 4.69) is 25.8 Å². The molecular weight excluding hydrogens is 489 g/mol. The molecule has 0 radical (unpaired) electrons. The lowest BCUT2D eigenvalue weighted by Gasteiger charge is -2.38. The fourth-order valence-electron chi connectivity index (χ4n) is 3.48. The summed E-state index contributed by atoms with van der Waals surface area (Å²) in [6.07, 6.45) is -5.26. The Balaban J connectivity index is 2.21. The van der Waals surface area contributed by atoms with Crippen molar-refractivity contribution in [3.8, 4) is 17.0 Å². The Bertz CT molecular complexity index is 1120. The maximum atomic E-state index is 14.0. The quantitative estimate of drug-likeness (QED) is 0.393. The molecule has 5 nitrogen and oxygen atoms in total. The molecule has 2 N–H and O–H groups in total. The lowest BCUT2D eigenvalue weighted by Crippen LogP contribution is -2.47. The zero-order chi connectivity index (χ0) is 26.6. The summed E-state index contributed by atoms with van der Waals surface area (Å²) < 4.78 is 81.1. The number of aromatic nitrogens is 1. The molecule has 0 saturated heterocycles. The van der Waals surface area contributed by atoms with Crippen molar-refractivity contribution in [2.75, 3.05) is 19.8 Å². The second-order valence-corrected chi connectivity index (χ2v) is 15.6. The Morgan fingerprint density at radius 1 is 1.11 bits per heavy atom. The van der Waals surface area contributed by atoms with Gasteiger partial charge in [0.25, 0.3) is 0 Å². The molecule has 1 aromatic carbocycles. The summed E-state index contributed by atoms with van der Waals surface area (Å²) >= 11 is 0. The van der Waals surface area contributed by atoms with Gasteiger partial charge in [0.05, 0.1) is 17.7 Å². The van der Waals surface area contributed by atoms with E-state index in [4.69, 9.17) is 9.16 Å². The van der Waals surface area contributed by atoms with Crippen LogP contribution in [0.5, 0.6) is 5.75 Å². The maximum absolute atomic E-state index is 14.0. The summed E-state index contributed by atoms with van der Waals surface area (Å²) in [6.45, 7) is 10.4. The van der Waals surface area contributed by atoms with Crippen molar-refractivity contribution in [3.05, 3.63) is 47.2 Å². The number of halogens is 5. The minimum atomic E-state index is -5.26. The van der Waals surface area contributed by atoms with Gasteiger partial charge in [0.15, 0.2) is 20.0 Å². The molecule has 2 aromatic rings. The maximum Gasteiger partial charge on any atom is 0.425 e. The number of hydrogen-bond acceptors (Lipinski definition) is 5. The number of fused-ring (bicyclic) bond motifs is 1. The standard InChI is InChI=1S/C24H30F5NO4Si/c1-21(2,3)35(5,6)34-13-22(4)12-33-20-15(22)10-18(23(32,11-31)24(27,28)29)30-19(20)14-7-8-16(25)17(26)9-14/h7-10,31-32H,11-13H2,1-6H3/t22-,23?/m1/s1. The summed E-state index contributed by atoms with van der Waals surface area (Å²) in [7, 11) is -2.25. The minimum absolute atomic E-state index is 0.0301. The van der Waals surface area contributed by atoms with E-state index < -0.39 is 49.4 Å². The van der Waals surface area contributed by atoms with E-state index in [1.54, 1.807) is 6.92 Å². The Morgan fingerprint density at radius 2 is 1.74 bits per heavy atom. The van der Waals surface area contributed by atoms with E-state index in [9.17, 15) is 32.2 Å². The van der Waals surface area contributed by atoms with Gasteiger partial charge in [0.1, 0.15) is 18.1 Å². The zero-order valence-electron chi connectivity index (χ0n) is 20.5. The predicted molar refractivity (Wildman–Crippen MR) is 123 cm³/mol. The Morgan fingerprint density at radius 3 is 2.26 bits per heavy atom. The lowest BCUT2D eigenvalue weighted by molar-refractivity contribution is -0.279. The highest BCUT2D eigenvalue weighted by Crippen LogP contribution is 2.48. The monoisotopic (exact) mass is 519 g/mol. The molecule has 0 aliphatic carbocycles. The first-order chi connectivity index (χ1) is 15.9. The average Bonchev–Trinajstić information content (AvgIpc) is 3.08. The smallest absolute Gasteiger partial charge is 0.425 e. The average molecular weight is 520 g/mol. The van der Waals surface area contributed by atoms with Gasteiger partial charge >= 0.3 is 6.18 Å². The molecule has 0 bridgehead atoms. The molecule has 1 aromatic heterocycles. The van der Waals surface area contributed by atoms with E-state index in [1.165, 1.54) is 0 Å². The van der Waals surface area contributed by atoms with Gasteiger partial charge in [-0.1, -0.05) is 20.8 Å². The second kappa shape index (κ2) is 8.79. The van der Waals surface area contributed by atoms with Crippen LogP contribution in [0.15, 0.2) is 24.3 Å². The lowest BCUT2D eigenvalue weighted by atomic mass is 9.83. The Labute approximate surface area is 202 Å². The van der Waals surface area contributed by atoms with Crippen molar-refractivity contribution in [1.82, 2.24) is 4.98 Å². The van der Waals surface area contributed by atoms with Crippen LogP contribution >= 0.6 is 0 Å². The summed E-state index contributed by atoms with van der Waals surface area (Å²) in [5.74, 6) is -2.28. The van der Waals surface area contributed by atoms with Crippen molar-refractivity contribution in [3.63, 3.8) is 0 Å². The first-order valence-electron chi connectivity index (χ1n) is 11.0. The van der Waals surface area contributed by atoms with E-state index in [0.29, 0.717) is 0 Å². The van der Waals surface area contributed by atoms with Gasteiger partial charge in [0, 0.05) is 17.7 Å². The van der Waals surface area contributed by atoms with Gasteiger partial charge in [-0.15, -0.1) is 0 Å². The highest BCUT2D eigenvalue weighted by atomic mass is 28.4. The number of aliphatic hydroxyl groups excluding tert-OH is 1. The van der Waals surface area contributed by atoms with Crippen molar-refractivity contribution in [2.45, 2.75) is 63.0 Å². The summed E-state index contributed by atoms with van der Waals surface area (Å²) in [6, 6.07) is 3.81. The largest absolute Gasteiger partial charge is 0.490 e. The molecule has 2 heterocycles. The van der Waals surface area contributed by atoms with E-state index in [-0.39, 0.29) is 40.8 Å². The number of ether oxygens (including phenoxy) is 1. The van der Waals surface area contributed by atoms with Crippen LogP contribution in [0.3, 0.4) is 0 Å². The second-order valence-electron chi connectivity index (χ2n) is 10.8. The van der Waals surface area contributed by atoms with Gasteiger partial charge in [-0.05, 0) is 49.3 Å². The molecule has 1 aliphatic rings. The summed E-state index contributed by atoms with van der Waals surface area (Å²) in [5.41, 5.74) is -5.48. The van der Waals surface area contributed by atoms with E-state index in [0.717, 1.165) is 24.3 Å². The molecule has 2 atom stereocenters. The van der Waals surface area contributed by atoms with Crippen LogP contribution in [0.2, 0.25) is 18.1 Å². The third-order valence-electron chi connectivity index (χ3n) is 7.03. The van der Waals surface area contributed by atoms with Gasteiger partial charge in [0.2, 0.25) is 5.60 Å². The van der Waals surface area contributed by atoms with Crippen LogP contribution in [0.25, 0.3) is 11.3 Å². The number of benzene rings is 1. The SMILES string of the molecule is CC(C)(C)[Si](C)(C)OC[C@@]1(C)COc2c1cc(C(O)(CO)C(F)(F)F)nc2-c1ccc(F)c(F)c1. The number of rotatable bonds is 6. The molecule has 0 fully saturated rings. The van der Waals surface area contributed by atoms with Gasteiger partial charge in [-0.25, -0.2) is 13.8 Å². The van der Waals surface area contributed by atoms with E-state index >= 15 is 0 Å². The summed E-state index contributed by atoms with van der Waals surface area (Å²) in [4.78, 5) is 3.93. The van der Waals surface area contributed by atoms with Crippen molar-refractivity contribution in [2.24, 2.45) is 0 Å². The number of aliphatic hydroxyl groups is 2. The minimum Gasteiger partial charge on any atom is -0.490 e. The first kappa shape index (κ1) is 27.5. The topological polar surface area (TPSA) is 71.8 Å². The Hall–Kier alpha value is -2.08. The molecule has 1 unspecified atom stereocenters. The van der Waals surface area contributed by atoms with Gasteiger partial charge in [-0.3, -0.25) is 0 Å². The summed E-state index contributed by atoms with van der Waals surface area (Å²) in [5, 5.41) is 19.8. The Kier molecular flexibility index (Phi) is 6.91. The molecule has 3 rings (SSSR count). The first-order valence-corrected chi connectivity index (χ1v) is 14.0. The van der Waals surface area contributed by atoms with Crippen LogP contribution < -0.4 is 4.74 Å². The number of pyridine rings is 1. The van der Waals surface area contributed by atoms with Crippen LogP contribution in [0.1, 0.15) is 39.0 Å². The molecule has 0 spiro atoms. The molecule has 0 saturated carbocycles. The fourth-order valence-corrected chi connectivity index (χ4v) is 4.59. The third kappa shape index (κ3) is 4.83. The highest BCUT2D eigenvalue weighted by Gasteiger charge is 2.57. The van der Waals surface area contributed by atoms with Crippen molar-refractivity contribution >= 4 is 8.32 Å². The molecule has 11 heteroatoms. The van der Waals surface area contributed by atoms with Crippen LogP contribution in [0, 0.1) is 11.6 Å². The van der Waals surface area contributed by atoms with E-state index in [1.807, 2.05) is 13.1 Å². The molecule has 194 valence electrons. The van der Waals surface area contributed by atoms with Crippen molar-refractivity contribution < 1.29 is 41.3 Å². The van der Waals surface area contributed by atoms with Crippen LogP contribution in [-0.2, 0) is 15.4 Å². The molecule has 1 aliphatic heterocycles. The zero-order valence-corrected chi connectivity index (χ0v) is 21.5. The molecule has 0 amide bonds.